The number of rotatable bonds is 4. The molecule has 0 atom stereocenters. The number of pyridine rings is 1. The highest BCUT2D eigenvalue weighted by atomic mass is 35.5. The topological polar surface area (TPSA) is 80.7 Å². The highest BCUT2D eigenvalue weighted by Gasteiger charge is 2.15. The fourth-order valence-corrected chi connectivity index (χ4v) is 1.88. The maximum Gasteiger partial charge on any atom is 0.414 e. The zero-order valence-electron chi connectivity index (χ0n) is 10.7. The standard InChI is InChI=1S/C13H13ClN2O4/c1-19-7-6-15-13(18)20-12-10(17)8-4-2-3-5-9(8)11(14)16-12/h2-5,17H,6-7H2,1H3,(H,15,18). The minimum Gasteiger partial charge on any atom is -0.503 e. The number of aromatic hydroxyl groups is 1. The van der Waals surface area contributed by atoms with Crippen LogP contribution in [-0.2, 0) is 4.74 Å². The summed E-state index contributed by atoms with van der Waals surface area (Å²) in [6, 6.07) is 6.88. The second-order valence-electron chi connectivity index (χ2n) is 3.91. The number of aromatic nitrogens is 1. The molecule has 0 aliphatic heterocycles. The molecule has 2 aromatic rings. The van der Waals surface area contributed by atoms with Crippen LogP contribution in [0.5, 0.6) is 11.6 Å². The Hall–Kier alpha value is -2.05. The van der Waals surface area contributed by atoms with Crippen LogP contribution in [0.4, 0.5) is 4.79 Å². The maximum atomic E-state index is 11.5. The Labute approximate surface area is 120 Å². The van der Waals surface area contributed by atoms with Gasteiger partial charge in [0.25, 0.3) is 5.88 Å². The van der Waals surface area contributed by atoms with Gasteiger partial charge in [-0.2, -0.15) is 4.98 Å². The van der Waals surface area contributed by atoms with Gasteiger partial charge in [0, 0.05) is 24.4 Å². The largest absolute Gasteiger partial charge is 0.503 e. The quantitative estimate of drug-likeness (QED) is 0.668. The summed E-state index contributed by atoms with van der Waals surface area (Å²) in [6.45, 7) is 0.643. The molecule has 0 unspecified atom stereocenters. The Kier molecular flexibility index (Phi) is 4.60. The highest BCUT2D eigenvalue weighted by Crippen LogP contribution is 2.36. The number of hydrogen-bond acceptors (Lipinski definition) is 5. The molecule has 0 radical (unpaired) electrons. The van der Waals surface area contributed by atoms with E-state index in [9.17, 15) is 9.90 Å². The van der Waals surface area contributed by atoms with E-state index in [1.165, 1.54) is 7.11 Å². The molecule has 106 valence electrons. The molecule has 0 spiro atoms. The second-order valence-corrected chi connectivity index (χ2v) is 4.27. The number of nitrogens with zero attached hydrogens (tertiary/aromatic N) is 1. The van der Waals surface area contributed by atoms with Crippen molar-refractivity contribution in [2.75, 3.05) is 20.3 Å². The number of amides is 1. The Morgan fingerprint density at radius 2 is 2.10 bits per heavy atom. The molecule has 0 fully saturated rings. The number of methoxy groups -OCH3 is 1. The van der Waals surface area contributed by atoms with Gasteiger partial charge in [-0.3, -0.25) is 0 Å². The van der Waals surface area contributed by atoms with Crippen molar-refractivity contribution in [3.63, 3.8) is 0 Å². The number of nitrogens with one attached hydrogen (secondary N) is 1. The summed E-state index contributed by atoms with van der Waals surface area (Å²) in [4.78, 5) is 15.4. The van der Waals surface area contributed by atoms with Crippen molar-refractivity contribution in [3.8, 4) is 11.6 Å². The van der Waals surface area contributed by atoms with Gasteiger partial charge < -0.3 is 19.9 Å². The molecule has 0 aliphatic rings. The van der Waals surface area contributed by atoms with E-state index in [4.69, 9.17) is 21.1 Å². The lowest BCUT2D eigenvalue weighted by atomic mass is 10.1. The van der Waals surface area contributed by atoms with Crippen molar-refractivity contribution < 1.29 is 19.4 Å². The highest BCUT2D eigenvalue weighted by molar-refractivity contribution is 6.34. The van der Waals surface area contributed by atoms with Crippen LogP contribution in [0.25, 0.3) is 10.8 Å². The van der Waals surface area contributed by atoms with E-state index in [1.54, 1.807) is 24.3 Å². The molecule has 2 rings (SSSR count). The Balaban J connectivity index is 2.22. The molecular weight excluding hydrogens is 284 g/mol. The second kappa shape index (κ2) is 6.40. The number of ether oxygens (including phenoxy) is 2. The number of hydrogen-bond donors (Lipinski definition) is 2. The summed E-state index contributed by atoms with van der Waals surface area (Å²) in [5.41, 5.74) is 0. The molecule has 0 saturated heterocycles. The first-order valence-corrected chi connectivity index (χ1v) is 6.23. The summed E-state index contributed by atoms with van der Waals surface area (Å²) >= 11 is 5.99. The molecule has 7 heteroatoms. The zero-order valence-corrected chi connectivity index (χ0v) is 11.5. The lowest BCUT2D eigenvalue weighted by Crippen LogP contribution is -2.30. The molecule has 6 nitrogen and oxygen atoms in total. The van der Waals surface area contributed by atoms with Crippen molar-refractivity contribution >= 4 is 28.5 Å². The summed E-state index contributed by atoms with van der Waals surface area (Å²) in [6.07, 6.45) is -0.740. The number of carbonyl (C=O) groups is 1. The van der Waals surface area contributed by atoms with E-state index in [0.29, 0.717) is 17.4 Å². The number of fused-ring (bicyclic) bond motifs is 1. The summed E-state index contributed by atoms with van der Waals surface area (Å²) in [5.74, 6) is -0.462. The Bertz CT molecular complexity index is 633. The maximum absolute atomic E-state index is 11.5. The van der Waals surface area contributed by atoms with Gasteiger partial charge in [-0.05, 0) is 0 Å². The van der Waals surface area contributed by atoms with Gasteiger partial charge in [-0.15, -0.1) is 0 Å². The van der Waals surface area contributed by atoms with E-state index in [-0.39, 0.29) is 23.3 Å². The Morgan fingerprint density at radius 3 is 2.80 bits per heavy atom. The first-order valence-electron chi connectivity index (χ1n) is 5.85. The van der Waals surface area contributed by atoms with Gasteiger partial charge in [-0.25, -0.2) is 4.79 Å². The van der Waals surface area contributed by atoms with Crippen molar-refractivity contribution in [2.24, 2.45) is 0 Å². The van der Waals surface area contributed by atoms with E-state index in [1.807, 2.05) is 0 Å². The first-order chi connectivity index (χ1) is 9.63. The van der Waals surface area contributed by atoms with E-state index in [2.05, 4.69) is 10.3 Å². The summed E-state index contributed by atoms with van der Waals surface area (Å²) in [5, 5.41) is 13.7. The molecule has 1 amide bonds. The number of halogens is 1. The smallest absolute Gasteiger partial charge is 0.414 e. The van der Waals surface area contributed by atoms with Crippen LogP contribution in [0.1, 0.15) is 0 Å². The normalized spacial score (nSPS) is 10.5. The van der Waals surface area contributed by atoms with Gasteiger partial charge in [0.05, 0.1) is 6.61 Å². The fourth-order valence-electron chi connectivity index (χ4n) is 1.64. The third kappa shape index (κ3) is 3.09. The lowest BCUT2D eigenvalue weighted by molar-refractivity contribution is 0.178. The number of benzene rings is 1. The third-order valence-electron chi connectivity index (χ3n) is 2.57. The zero-order chi connectivity index (χ0) is 14.5. The minimum atomic E-state index is -0.740. The minimum absolute atomic E-state index is 0.151. The molecule has 0 bridgehead atoms. The molecule has 1 aromatic carbocycles. The summed E-state index contributed by atoms with van der Waals surface area (Å²) in [7, 11) is 1.52. The van der Waals surface area contributed by atoms with Crippen LogP contribution in [0, 0.1) is 0 Å². The fraction of sp³-hybridized carbons (Fsp3) is 0.231. The van der Waals surface area contributed by atoms with Crippen molar-refractivity contribution in [1.82, 2.24) is 10.3 Å². The van der Waals surface area contributed by atoms with Crippen molar-refractivity contribution in [2.45, 2.75) is 0 Å². The predicted molar refractivity (Wildman–Crippen MR) is 74.3 cm³/mol. The molecule has 0 aliphatic carbocycles. The van der Waals surface area contributed by atoms with Crippen LogP contribution in [-0.4, -0.2) is 36.4 Å². The first kappa shape index (κ1) is 14.4. The van der Waals surface area contributed by atoms with Gasteiger partial charge in [0.15, 0.2) is 5.75 Å². The van der Waals surface area contributed by atoms with Gasteiger partial charge >= 0.3 is 6.09 Å². The molecule has 0 saturated carbocycles. The van der Waals surface area contributed by atoms with Crippen LogP contribution in [0.15, 0.2) is 24.3 Å². The van der Waals surface area contributed by atoms with Crippen LogP contribution in [0.3, 0.4) is 0 Å². The number of carbonyl (C=O) groups excluding carboxylic acids is 1. The van der Waals surface area contributed by atoms with E-state index < -0.39 is 6.09 Å². The van der Waals surface area contributed by atoms with Crippen LogP contribution < -0.4 is 10.1 Å². The lowest BCUT2D eigenvalue weighted by Gasteiger charge is -2.09. The van der Waals surface area contributed by atoms with Crippen molar-refractivity contribution in [1.29, 1.82) is 0 Å². The summed E-state index contributed by atoms with van der Waals surface area (Å²) < 4.78 is 9.72. The van der Waals surface area contributed by atoms with E-state index in [0.717, 1.165) is 0 Å². The molecule has 2 N–H and O–H groups in total. The molecular formula is C13H13ClN2O4. The predicted octanol–water partition coefficient (Wildman–Crippen LogP) is 2.33. The van der Waals surface area contributed by atoms with E-state index >= 15 is 0 Å². The molecule has 1 heterocycles. The van der Waals surface area contributed by atoms with Crippen LogP contribution >= 0.6 is 11.6 Å². The molecule has 20 heavy (non-hydrogen) atoms. The van der Waals surface area contributed by atoms with Crippen LogP contribution in [0.2, 0.25) is 5.15 Å². The average Bonchev–Trinajstić information content (AvgIpc) is 2.45. The van der Waals surface area contributed by atoms with Gasteiger partial charge in [0.1, 0.15) is 5.15 Å². The van der Waals surface area contributed by atoms with Gasteiger partial charge in [-0.1, -0.05) is 35.9 Å². The van der Waals surface area contributed by atoms with Crippen molar-refractivity contribution in [3.05, 3.63) is 29.4 Å². The SMILES string of the molecule is COCCNC(=O)Oc1nc(Cl)c2ccccc2c1O. The monoisotopic (exact) mass is 296 g/mol. The Morgan fingerprint density at radius 1 is 1.40 bits per heavy atom. The average molecular weight is 297 g/mol. The molecule has 1 aromatic heterocycles. The third-order valence-corrected chi connectivity index (χ3v) is 2.86. The van der Waals surface area contributed by atoms with Gasteiger partial charge in [0.2, 0.25) is 0 Å².